The van der Waals surface area contributed by atoms with Crippen LogP contribution in [-0.2, 0) is 9.53 Å². The molecule has 0 radical (unpaired) electrons. The second-order valence-corrected chi connectivity index (χ2v) is 13.4. The first-order chi connectivity index (χ1) is 15.6. The Hall–Kier alpha value is -0.790. The van der Waals surface area contributed by atoms with Crippen molar-refractivity contribution in [3.8, 4) is 0 Å². The third-order valence-corrected chi connectivity index (χ3v) is 11.6. The van der Waals surface area contributed by atoms with Crippen LogP contribution in [0.4, 0.5) is 0 Å². The Morgan fingerprint density at radius 1 is 1.03 bits per heavy atom. The summed E-state index contributed by atoms with van der Waals surface area (Å²) in [5.74, 6) is 5.65. The SMILES string of the molecule is CC[C@H](CC[C@@H](C)[C@H]1CC[C@H]2C3=CCC4CC(OC(C)=O)CC[C@]4(C)[C@H]3CC[C@]12C)C(C)C. The molecule has 0 saturated heterocycles. The minimum Gasteiger partial charge on any atom is -0.463 e. The van der Waals surface area contributed by atoms with Crippen LogP contribution in [-0.4, -0.2) is 12.1 Å². The largest absolute Gasteiger partial charge is 0.463 e. The summed E-state index contributed by atoms with van der Waals surface area (Å²) in [5.41, 5.74) is 2.79. The molecule has 0 spiro atoms. The molecule has 4 aliphatic carbocycles. The number of hydrogen-bond acceptors (Lipinski definition) is 2. The lowest BCUT2D eigenvalue weighted by Crippen LogP contribution is -2.50. The molecule has 0 amide bonds. The molecule has 0 heterocycles. The first kappa shape index (κ1) is 25.3. The molecule has 0 aromatic rings. The monoisotopic (exact) mass is 456 g/mol. The van der Waals surface area contributed by atoms with E-state index in [1.807, 2.05) is 5.57 Å². The second-order valence-electron chi connectivity index (χ2n) is 13.4. The van der Waals surface area contributed by atoms with E-state index in [4.69, 9.17) is 4.74 Å². The average Bonchev–Trinajstić information content (AvgIpc) is 3.11. The lowest BCUT2D eigenvalue weighted by Gasteiger charge is -2.58. The topological polar surface area (TPSA) is 26.3 Å². The number of rotatable bonds is 7. The minimum atomic E-state index is -0.103. The van der Waals surface area contributed by atoms with Crippen LogP contribution in [0.3, 0.4) is 0 Å². The molecule has 4 aliphatic rings. The van der Waals surface area contributed by atoms with Gasteiger partial charge in [-0.05, 0) is 110 Å². The van der Waals surface area contributed by atoms with Crippen molar-refractivity contribution < 1.29 is 9.53 Å². The molecule has 0 N–H and O–H groups in total. The van der Waals surface area contributed by atoms with Gasteiger partial charge >= 0.3 is 5.97 Å². The molecule has 0 aromatic carbocycles. The third kappa shape index (κ3) is 4.58. The van der Waals surface area contributed by atoms with Crippen molar-refractivity contribution in [2.45, 2.75) is 125 Å². The zero-order valence-electron chi connectivity index (χ0n) is 22.8. The number of allylic oxidation sites excluding steroid dienone is 2. The summed E-state index contributed by atoms with van der Waals surface area (Å²) in [6.07, 6.45) is 17.3. The fraction of sp³-hybridized carbons (Fsp3) is 0.903. The van der Waals surface area contributed by atoms with Crippen LogP contribution in [0.5, 0.6) is 0 Å². The number of esters is 1. The van der Waals surface area contributed by atoms with Crippen molar-refractivity contribution in [1.82, 2.24) is 0 Å². The summed E-state index contributed by atoms with van der Waals surface area (Å²) in [4.78, 5) is 11.5. The second kappa shape index (κ2) is 9.69. The molecule has 0 aromatic heterocycles. The van der Waals surface area contributed by atoms with Crippen LogP contribution < -0.4 is 0 Å². The molecule has 2 heteroatoms. The van der Waals surface area contributed by atoms with Crippen molar-refractivity contribution in [3.63, 3.8) is 0 Å². The number of ether oxygens (including phenoxy) is 1. The van der Waals surface area contributed by atoms with Gasteiger partial charge in [0.15, 0.2) is 0 Å². The number of fused-ring (bicyclic) bond motifs is 5. The Labute approximate surface area is 204 Å². The van der Waals surface area contributed by atoms with Crippen LogP contribution in [0.1, 0.15) is 119 Å². The standard InChI is InChI=1S/C31H52O2/c1-8-23(20(2)3)10-9-21(4)27-13-14-28-26-12-11-24-19-25(33-22(5)32)15-17-30(24,6)29(26)16-18-31(27,28)7/h12,20-21,23-25,27-29H,8-11,13-19H2,1-7H3/t21-,23-,24?,25?,27-,28+,29+,30+,31-/m1/s1. The molecule has 2 nitrogen and oxygen atoms in total. The van der Waals surface area contributed by atoms with Crippen molar-refractivity contribution in [3.05, 3.63) is 11.6 Å². The first-order valence-corrected chi connectivity index (χ1v) is 14.5. The van der Waals surface area contributed by atoms with Gasteiger partial charge in [-0.25, -0.2) is 0 Å². The third-order valence-electron chi connectivity index (χ3n) is 11.6. The van der Waals surface area contributed by atoms with E-state index < -0.39 is 0 Å². The quantitative estimate of drug-likeness (QED) is 0.283. The highest BCUT2D eigenvalue weighted by Gasteiger charge is 2.58. The lowest BCUT2D eigenvalue weighted by molar-refractivity contribution is -0.152. The molecule has 3 fully saturated rings. The van der Waals surface area contributed by atoms with Crippen molar-refractivity contribution in [2.24, 2.45) is 52.3 Å². The minimum absolute atomic E-state index is 0.103. The Morgan fingerprint density at radius 2 is 1.73 bits per heavy atom. The molecule has 0 bridgehead atoms. The Bertz CT molecular complexity index is 737. The molecule has 33 heavy (non-hydrogen) atoms. The Morgan fingerprint density at radius 3 is 2.39 bits per heavy atom. The van der Waals surface area contributed by atoms with E-state index in [9.17, 15) is 4.79 Å². The number of hydrogen-bond donors (Lipinski definition) is 0. The van der Waals surface area contributed by atoms with Gasteiger partial charge in [-0.2, -0.15) is 0 Å². The fourth-order valence-corrected chi connectivity index (χ4v) is 9.48. The number of carbonyl (C=O) groups excluding carboxylic acids is 1. The predicted molar refractivity (Wildman–Crippen MR) is 138 cm³/mol. The normalized spacial score (nSPS) is 42.1. The summed E-state index contributed by atoms with van der Waals surface area (Å²) in [6.45, 7) is 16.6. The molecule has 9 atom stereocenters. The van der Waals surface area contributed by atoms with E-state index in [1.165, 1.54) is 57.8 Å². The molecule has 0 aliphatic heterocycles. The molecular formula is C31H52O2. The maximum absolute atomic E-state index is 11.5. The zero-order valence-corrected chi connectivity index (χ0v) is 22.8. The zero-order chi connectivity index (χ0) is 24.0. The summed E-state index contributed by atoms with van der Waals surface area (Å²) >= 11 is 0. The number of carbonyl (C=O) groups is 1. The Balaban J connectivity index is 1.46. The Kier molecular flexibility index (Phi) is 7.43. The lowest BCUT2D eigenvalue weighted by atomic mass is 9.47. The predicted octanol–water partition coefficient (Wildman–Crippen LogP) is 8.60. The maximum atomic E-state index is 11.5. The van der Waals surface area contributed by atoms with E-state index in [0.717, 1.165) is 48.3 Å². The van der Waals surface area contributed by atoms with Gasteiger partial charge in [0.1, 0.15) is 6.10 Å². The summed E-state index contributed by atoms with van der Waals surface area (Å²) in [6, 6.07) is 0. The van der Waals surface area contributed by atoms with Crippen LogP contribution >= 0.6 is 0 Å². The van der Waals surface area contributed by atoms with Crippen LogP contribution in [0.15, 0.2) is 11.6 Å². The van der Waals surface area contributed by atoms with Gasteiger partial charge in [0.2, 0.25) is 0 Å². The van der Waals surface area contributed by atoms with E-state index in [0.29, 0.717) is 16.7 Å². The molecule has 4 rings (SSSR count). The molecule has 188 valence electrons. The fourth-order valence-electron chi connectivity index (χ4n) is 9.48. The van der Waals surface area contributed by atoms with Crippen molar-refractivity contribution in [1.29, 1.82) is 0 Å². The summed E-state index contributed by atoms with van der Waals surface area (Å²) < 4.78 is 5.65. The van der Waals surface area contributed by atoms with Gasteiger partial charge in [0, 0.05) is 6.92 Å². The van der Waals surface area contributed by atoms with Gasteiger partial charge in [-0.15, -0.1) is 0 Å². The van der Waals surface area contributed by atoms with E-state index in [1.54, 1.807) is 6.92 Å². The van der Waals surface area contributed by atoms with Crippen molar-refractivity contribution in [2.75, 3.05) is 0 Å². The highest BCUT2D eigenvalue weighted by molar-refractivity contribution is 5.66. The van der Waals surface area contributed by atoms with E-state index in [2.05, 4.69) is 47.6 Å². The van der Waals surface area contributed by atoms with Gasteiger partial charge < -0.3 is 4.74 Å². The van der Waals surface area contributed by atoms with Crippen LogP contribution in [0.25, 0.3) is 0 Å². The summed E-state index contributed by atoms with van der Waals surface area (Å²) in [5, 5.41) is 0. The average molecular weight is 457 g/mol. The van der Waals surface area contributed by atoms with Gasteiger partial charge in [-0.1, -0.05) is 66.0 Å². The highest BCUT2D eigenvalue weighted by Crippen LogP contribution is 2.67. The maximum Gasteiger partial charge on any atom is 0.302 e. The smallest absolute Gasteiger partial charge is 0.302 e. The first-order valence-electron chi connectivity index (χ1n) is 14.5. The highest BCUT2D eigenvalue weighted by atomic mass is 16.5. The van der Waals surface area contributed by atoms with Gasteiger partial charge in [0.05, 0.1) is 0 Å². The molecule has 2 unspecified atom stereocenters. The van der Waals surface area contributed by atoms with Crippen LogP contribution in [0, 0.1) is 52.3 Å². The van der Waals surface area contributed by atoms with E-state index >= 15 is 0 Å². The molecular weight excluding hydrogens is 404 g/mol. The summed E-state index contributed by atoms with van der Waals surface area (Å²) in [7, 11) is 0. The molecule has 3 saturated carbocycles. The van der Waals surface area contributed by atoms with Gasteiger partial charge in [-0.3, -0.25) is 4.79 Å². The van der Waals surface area contributed by atoms with E-state index in [-0.39, 0.29) is 12.1 Å². The van der Waals surface area contributed by atoms with Crippen LogP contribution in [0.2, 0.25) is 0 Å². The van der Waals surface area contributed by atoms with Gasteiger partial charge in [0.25, 0.3) is 0 Å². The van der Waals surface area contributed by atoms with Crippen molar-refractivity contribution >= 4 is 5.97 Å².